The van der Waals surface area contributed by atoms with Gasteiger partial charge in [0.1, 0.15) is 11.8 Å². The van der Waals surface area contributed by atoms with Gasteiger partial charge in [-0.2, -0.15) is 4.72 Å². The molecule has 1 unspecified atom stereocenters. The first-order valence-electron chi connectivity index (χ1n) is 9.11. The van der Waals surface area contributed by atoms with Gasteiger partial charge in [-0.25, -0.2) is 8.42 Å². The topological polar surface area (TPSA) is 140 Å². The van der Waals surface area contributed by atoms with Crippen LogP contribution in [-0.2, 0) is 29.1 Å². The van der Waals surface area contributed by atoms with E-state index in [1.807, 2.05) is 0 Å². The van der Waals surface area contributed by atoms with Crippen LogP contribution in [0, 0.1) is 0 Å². The first kappa shape index (κ1) is 23.8. The van der Waals surface area contributed by atoms with Crippen molar-refractivity contribution in [1.82, 2.24) is 4.72 Å². The Kier molecular flexibility index (Phi) is 8.11. The van der Waals surface area contributed by atoms with Crippen LogP contribution in [0.5, 0.6) is 5.75 Å². The summed E-state index contributed by atoms with van der Waals surface area (Å²) in [4.78, 5) is 35.0. The van der Waals surface area contributed by atoms with E-state index in [4.69, 9.17) is 9.47 Å². The molecule has 0 fully saturated rings. The molecule has 10 nitrogen and oxygen atoms in total. The molecule has 0 aromatic heterocycles. The fraction of sp³-hybridized carbons (Fsp3) is 0.250. The molecule has 0 aliphatic rings. The van der Waals surface area contributed by atoms with Crippen molar-refractivity contribution < 1.29 is 32.3 Å². The third-order valence-corrected chi connectivity index (χ3v) is 5.45. The van der Waals surface area contributed by atoms with Gasteiger partial charge in [0.2, 0.25) is 15.9 Å². The van der Waals surface area contributed by atoms with Crippen molar-refractivity contribution in [3.8, 4) is 5.75 Å². The second kappa shape index (κ2) is 10.5. The molecule has 0 saturated carbocycles. The Morgan fingerprint density at radius 1 is 0.935 bits per heavy atom. The molecule has 2 aromatic rings. The van der Waals surface area contributed by atoms with E-state index in [9.17, 15) is 22.8 Å². The number of rotatable bonds is 9. The van der Waals surface area contributed by atoms with Gasteiger partial charge in [-0.15, -0.1) is 0 Å². The van der Waals surface area contributed by atoms with Crippen LogP contribution in [0.25, 0.3) is 0 Å². The van der Waals surface area contributed by atoms with E-state index >= 15 is 0 Å². The number of hydrogen-bond acceptors (Lipinski definition) is 7. The highest BCUT2D eigenvalue weighted by molar-refractivity contribution is 7.89. The van der Waals surface area contributed by atoms with Gasteiger partial charge in [0.05, 0.1) is 12.0 Å². The molecule has 1 atom stereocenters. The Balaban J connectivity index is 1.85. The van der Waals surface area contributed by atoms with Gasteiger partial charge in [0.15, 0.2) is 6.61 Å². The summed E-state index contributed by atoms with van der Waals surface area (Å²) in [6.45, 7) is 2.09. The van der Waals surface area contributed by atoms with Crippen molar-refractivity contribution >= 4 is 39.2 Å². The number of nitrogens with one attached hydrogen (secondary N) is 3. The Hall–Kier alpha value is -3.44. The van der Waals surface area contributed by atoms with Crippen molar-refractivity contribution in [3.63, 3.8) is 0 Å². The number of anilines is 2. The number of esters is 1. The van der Waals surface area contributed by atoms with E-state index < -0.39 is 34.5 Å². The summed E-state index contributed by atoms with van der Waals surface area (Å²) in [5.74, 6) is -1.25. The Morgan fingerprint density at radius 3 is 2.00 bits per heavy atom. The number of amides is 2. The van der Waals surface area contributed by atoms with Crippen LogP contribution >= 0.6 is 0 Å². The molecule has 0 radical (unpaired) electrons. The van der Waals surface area contributed by atoms with Crippen LogP contribution in [0.1, 0.15) is 13.8 Å². The first-order valence-corrected chi connectivity index (χ1v) is 10.6. The van der Waals surface area contributed by atoms with Crippen LogP contribution in [-0.4, -0.2) is 46.0 Å². The third-order valence-electron chi connectivity index (χ3n) is 3.89. The SMILES string of the molecule is COc1ccc(S(=O)(=O)NC(C)C(=O)OCC(=O)Nc2ccc(NC(C)=O)cc2)cc1. The minimum Gasteiger partial charge on any atom is -0.497 e. The Bertz CT molecular complexity index is 1040. The third kappa shape index (κ3) is 7.39. The molecule has 0 saturated heterocycles. The minimum absolute atomic E-state index is 0.0478. The molecule has 0 aliphatic heterocycles. The maximum Gasteiger partial charge on any atom is 0.324 e. The van der Waals surface area contributed by atoms with Crippen LogP contribution in [0.2, 0.25) is 0 Å². The summed E-state index contributed by atoms with van der Waals surface area (Å²) in [6, 6.07) is 10.7. The summed E-state index contributed by atoms with van der Waals surface area (Å²) < 4.78 is 36.8. The molecule has 0 aliphatic carbocycles. The van der Waals surface area contributed by atoms with Gasteiger partial charge in [-0.1, -0.05) is 0 Å². The van der Waals surface area contributed by atoms with Crippen molar-refractivity contribution in [1.29, 1.82) is 0 Å². The smallest absolute Gasteiger partial charge is 0.324 e. The fourth-order valence-electron chi connectivity index (χ4n) is 2.40. The zero-order valence-corrected chi connectivity index (χ0v) is 18.0. The minimum atomic E-state index is -3.97. The van der Waals surface area contributed by atoms with Crippen LogP contribution in [0.4, 0.5) is 11.4 Å². The molecular weight excluding hydrogens is 426 g/mol. The molecule has 2 amide bonds. The number of methoxy groups -OCH3 is 1. The van der Waals surface area contributed by atoms with E-state index in [0.29, 0.717) is 17.1 Å². The Morgan fingerprint density at radius 2 is 1.48 bits per heavy atom. The second-order valence-corrected chi connectivity index (χ2v) is 8.15. The summed E-state index contributed by atoms with van der Waals surface area (Å²) >= 11 is 0. The monoisotopic (exact) mass is 449 g/mol. The number of hydrogen-bond donors (Lipinski definition) is 3. The highest BCUT2D eigenvalue weighted by Crippen LogP contribution is 2.16. The highest BCUT2D eigenvalue weighted by atomic mass is 32.2. The highest BCUT2D eigenvalue weighted by Gasteiger charge is 2.23. The molecular formula is C20H23N3O7S. The van der Waals surface area contributed by atoms with Crippen molar-refractivity contribution in [2.75, 3.05) is 24.4 Å². The molecule has 0 spiro atoms. The second-order valence-electron chi connectivity index (χ2n) is 6.43. The van der Waals surface area contributed by atoms with Gasteiger partial charge in [-0.3, -0.25) is 14.4 Å². The number of carbonyl (C=O) groups is 3. The van der Waals surface area contributed by atoms with E-state index in [1.165, 1.54) is 45.2 Å². The lowest BCUT2D eigenvalue weighted by Gasteiger charge is -2.14. The normalized spacial score (nSPS) is 11.8. The van der Waals surface area contributed by atoms with Gasteiger partial charge >= 0.3 is 5.97 Å². The van der Waals surface area contributed by atoms with E-state index in [2.05, 4.69) is 15.4 Å². The molecule has 2 rings (SSSR count). The van der Waals surface area contributed by atoms with Gasteiger partial charge < -0.3 is 20.1 Å². The molecule has 2 aromatic carbocycles. The van der Waals surface area contributed by atoms with Crippen LogP contribution < -0.4 is 20.1 Å². The molecule has 3 N–H and O–H groups in total. The van der Waals surface area contributed by atoms with E-state index in [0.717, 1.165) is 0 Å². The average Bonchev–Trinajstić information content (AvgIpc) is 2.72. The average molecular weight is 449 g/mol. The van der Waals surface area contributed by atoms with E-state index in [1.54, 1.807) is 24.3 Å². The summed E-state index contributed by atoms with van der Waals surface area (Å²) in [6.07, 6.45) is 0. The summed E-state index contributed by atoms with van der Waals surface area (Å²) in [5.41, 5.74) is 0.998. The first-order chi connectivity index (χ1) is 14.6. The van der Waals surface area contributed by atoms with E-state index in [-0.39, 0.29) is 10.8 Å². The van der Waals surface area contributed by atoms with Crippen molar-refractivity contribution in [3.05, 3.63) is 48.5 Å². The number of sulfonamides is 1. The van der Waals surface area contributed by atoms with Crippen LogP contribution in [0.15, 0.2) is 53.4 Å². The quantitative estimate of drug-likeness (QED) is 0.493. The molecule has 0 bridgehead atoms. The maximum absolute atomic E-state index is 12.4. The van der Waals surface area contributed by atoms with Crippen LogP contribution in [0.3, 0.4) is 0 Å². The molecule has 31 heavy (non-hydrogen) atoms. The summed E-state index contributed by atoms with van der Waals surface area (Å²) in [7, 11) is -2.51. The molecule has 166 valence electrons. The predicted molar refractivity (Wildman–Crippen MR) is 113 cm³/mol. The standard InChI is InChI=1S/C20H23N3O7S/c1-13(23-31(27,28)18-10-8-17(29-3)9-11-18)20(26)30-12-19(25)22-16-6-4-15(5-7-16)21-14(2)24/h4-11,13,23H,12H2,1-3H3,(H,21,24)(H,22,25). The van der Waals surface area contributed by atoms with Gasteiger partial charge in [0.25, 0.3) is 5.91 Å². The number of benzene rings is 2. The molecule has 0 heterocycles. The Labute approximate surface area is 180 Å². The van der Waals surface area contributed by atoms with Crippen molar-refractivity contribution in [2.45, 2.75) is 24.8 Å². The predicted octanol–water partition coefficient (Wildman–Crippen LogP) is 1.50. The fourth-order valence-corrected chi connectivity index (χ4v) is 3.59. The molecule has 11 heteroatoms. The maximum atomic E-state index is 12.4. The lowest BCUT2D eigenvalue weighted by Crippen LogP contribution is -2.40. The largest absolute Gasteiger partial charge is 0.497 e. The number of carbonyl (C=O) groups excluding carboxylic acids is 3. The van der Waals surface area contributed by atoms with Gasteiger partial charge in [-0.05, 0) is 55.5 Å². The lowest BCUT2D eigenvalue weighted by molar-refractivity contribution is -0.148. The number of ether oxygens (including phenoxy) is 2. The van der Waals surface area contributed by atoms with Gasteiger partial charge in [0, 0.05) is 18.3 Å². The van der Waals surface area contributed by atoms with Crippen molar-refractivity contribution in [2.24, 2.45) is 0 Å². The summed E-state index contributed by atoms with van der Waals surface area (Å²) in [5, 5.41) is 5.11. The zero-order chi connectivity index (χ0) is 23.0. The lowest BCUT2D eigenvalue weighted by atomic mass is 10.2. The zero-order valence-electron chi connectivity index (χ0n) is 17.2.